The van der Waals surface area contributed by atoms with Crippen LogP contribution in [-0.4, -0.2) is 18.8 Å². The van der Waals surface area contributed by atoms with Gasteiger partial charge in [0.15, 0.2) is 0 Å². The topological polar surface area (TPSA) is 35.2 Å². The summed E-state index contributed by atoms with van der Waals surface area (Å²) in [6.07, 6.45) is 6.22. The molecule has 0 aliphatic heterocycles. The van der Waals surface area contributed by atoms with Gasteiger partial charge in [0.05, 0.1) is 6.10 Å². The maximum atomic E-state index is 6.22. The van der Waals surface area contributed by atoms with E-state index < -0.39 is 0 Å². The van der Waals surface area contributed by atoms with E-state index in [1.807, 2.05) is 0 Å². The van der Waals surface area contributed by atoms with Gasteiger partial charge >= 0.3 is 0 Å². The molecule has 1 saturated carbocycles. The molecule has 0 saturated heterocycles. The molecule has 0 spiro atoms. The molecule has 18 heavy (non-hydrogen) atoms. The van der Waals surface area contributed by atoms with Crippen LogP contribution >= 0.6 is 0 Å². The highest BCUT2D eigenvalue weighted by atomic mass is 16.5. The molecule has 0 aromatic rings. The second-order valence-electron chi connectivity index (χ2n) is 7.11. The van der Waals surface area contributed by atoms with Crippen molar-refractivity contribution in [2.45, 2.75) is 78.9 Å². The first kappa shape index (κ1) is 16.0. The molecule has 0 heterocycles. The molecular weight excluding hydrogens is 222 g/mol. The average Bonchev–Trinajstić information content (AvgIpc) is 2.31. The fourth-order valence-electron chi connectivity index (χ4n) is 2.80. The normalized spacial score (nSPS) is 29.8. The van der Waals surface area contributed by atoms with Crippen LogP contribution in [0.15, 0.2) is 0 Å². The van der Waals surface area contributed by atoms with Crippen LogP contribution in [0.5, 0.6) is 0 Å². The summed E-state index contributed by atoms with van der Waals surface area (Å²) >= 11 is 0. The summed E-state index contributed by atoms with van der Waals surface area (Å²) in [6.45, 7) is 12.4. The van der Waals surface area contributed by atoms with Gasteiger partial charge in [-0.2, -0.15) is 0 Å². The maximum absolute atomic E-state index is 6.22. The predicted octanol–water partition coefficient (Wildman–Crippen LogP) is 3.98. The Kier molecular flexibility index (Phi) is 6.13. The molecule has 0 amide bonds. The van der Waals surface area contributed by atoms with E-state index >= 15 is 0 Å². The Morgan fingerprint density at radius 3 is 2.50 bits per heavy atom. The molecule has 0 bridgehead atoms. The molecular formula is C16H33NO. The summed E-state index contributed by atoms with van der Waals surface area (Å²) in [5.41, 5.74) is 6.65. The first-order valence-electron chi connectivity index (χ1n) is 7.74. The lowest BCUT2D eigenvalue weighted by atomic mass is 9.68. The molecule has 0 aromatic heterocycles. The van der Waals surface area contributed by atoms with Crippen LogP contribution in [0, 0.1) is 17.3 Å². The molecule has 2 nitrogen and oxygen atoms in total. The molecule has 0 aromatic carbocycles. The zero-order chi connectivity index (χ0) is 13.8. The van der Waals surface area contributed by atoms with Gasteiger partial charge in [-0.15, -0.1) is 0 Å². The zero-order valence-electron chi connectivity index (χ0n) is 13.0. The lowest BCUT2D eigenvalue weighted by molar-refractivity contribution is -0.0257. The Balaban J connectivity index is 2.46. The highest BCUT2D eigenvalue weighted by Crippen LogP contribution is 2.40. The molecule has 0 radical (unpaired) electrons. The highest BCUT2D eigenvalue weighted by Gasteiger charge is 2.36. The van der Waals surface area contributed by atoms with E-state index in [0.717, 1.165) is 31.8 Å². The summed E-state index contributed by atoms with van der Waals surface area (Å²) < 4.78 is 6.05. The van der Waals surface area contributed by atoms with Gasteiger partial charge in [-0.3, -0.25) is 0 Å². The Labute approximate surface area is 114 Å². The molecule has 1 aliphatic carbocycles. The fraction of sp³-hybridized carbons (Fsp3) is 1.00. The number of hydrogen-bond acceptors (Lipinski definition) is 2. The van der Waals surface area contributed by atoms with Gasteiger partial charge in [0.1, 0.15) is 0 Å². The number of hydrogen-bond donors (Lipinski definition) is 1. The van der Waals surface area contributed by atoms with E-state index in [9.17, 15) is 0 Å². The average molecular weight is 255 g/mol. The van der Waals surface area contributed by atoms with Gasteiger partial charge in [0.25, 0.3) is 0 Å². The minimum absolute atomic E-state index is 0.251. The summed E-state index contributed by atoms with van der Waals surface area (Å²) in [5, 5.41) is 0. The van der Waals surface area contributed by atoms with Gasteiger partial charge < -0.3 is 10.5 Å². The van der Waals surface area contributed by atoms with Gasteiger partial charge in [0, 0.05) is 12.6 Å². The first-order chi connectivity index (χ1) is 8.36. The third-order valence-corrected chi connectivity index (χ3v) is 4.89. The Morgan fingerprint density at radius 1 is 1.28 bits per heavy atom. The van der Waals surface area contributed by atoms with Crippen LogP contribution in [0.3, 0.4) is 0 Å². The van der Waals surface area contributed by atoms with E-state index in [2.05, 4.69) is 34.6 Å². The third kappa shape index (κ3) is 4.55. The molecule has 1 aliphatic rings. The lowest BCUT2D eigenvalue weighted by Crippen LogP contribution is -2.45. The summed E-state index contributed by atoms with van der Waals surface area (Å²) in [6, 6.07) is 0.251. The standard InChI is InChI=1S/C16H33NO/c1-6-16(4,5)13-7-8-14(17)15(11-13)18-10-9-12(2)3/h12-15H,6-11,17H2,1-5H3. The van der Waals surface area contributed by atoms with Crippen molar-refractivity contribution < 1.29 is 4.74 Å². The molecule has 108 valence electrons. The largest absolute Gasteiger partial charge is 0.377 e. The Morgan fingerprint density at radius 2 is 1.94 bits per heavy atom. The Bertz CT molecular complexity index is 237. The second kappa shape index (κ2) is 6.91. The van der Waals surface area contributed by atoms with E-state index in [0.29, 0.717) is 11.3 Å². The minimum atomic E-state index is 0.251. The Hall–Kier alpha value is -0.0800. The van der Waals surface area contributed by atoms with Crippen molar-refractivity contribution in [3.05, 3.63) is 0 Å². The quantitative estimate of drug-likeness (QED) is 0.779. The molecule has 2 heteroatoms. The maximum Gasteiger partial charge on any atom is 0.0728 e. The van der Waals surface area contributed by atoms with Gasteiger partial charge in [-0.25, -0.2) is 0 Å². The summed E-state index contributed by atoms with van der Waals surface area (Å²) in [4.78, 5) is 0. The van der Waals surface area contributed by atoms with E-state index in [4.69, 9.17) is 10.5 Å². The summed E-state index contributed by atoms with van der Waals surface area (Å²) in [5.74, 6) is 1.49. The van der Waals surface area contributed by atoms with Crippen molar-refractivity contribution in [2.24, 2.45) is 23.0 Å². The third-order valence-electron chi connectivity index (χ3n) is 4.89. The highest BCUT2D eigenvalue weighted by molar-refractivity contribution is 4.89. The van der Waals surface area contributed by atoms with Crippen molar-refractivity contribution in [3.63, 3.8) is 0 Å². The van der Waals surface area contributed by atoms with Crippen molar-refractivity contribution in [2.75, 3.05) is 6.61 Å². The van der Waals surface area contributed by atoms with Gasteiger partial charge in [-0.05, 0) is 42.9 Å². The summed E-state index contributed by atoms with van der Waals surface area (Å²) in [7, 11) is 0. The van der Waals surface area contributed by atoms with Crippen molar-refractivity contribution in [1.29, 1.82) is 0 Å². The van der Waals surface area contributed by atoms with Gasteiger partial charge in [-0.1, -0.05) is 41.0 Å². The first-order valence-corrected chi connectivity index (χ1v) is 7.74. The predicted molar refractivity (Wildman–Crippen MR) is 78.6 cm³/mol. The van der Waals surface area contributed by atoms with E-state index in [1.165, 1.54) is 12.8 Å². The molecule has 3 atom stereocenters. The number of nitrogens with two attached hydrogens (primary N) is 1. The number of rotatable bonds is 6. The molecule has 1 rings (SSSR count). The minimum Gasteiger partial charge on any atom is -0.377 e. The zero-order valence-corrected chi connectivity index (χ0v) is 13.0. The number of ether oxygens (including phenoxy) is 1. The van der Waals surface area contributed by atoms with Crippen LogP contribution < -0.4 is 5.73 Å². The second-order valence-corrected chi connectivity index (χ2v) is 7.11. The molecule has 1 fully saturated rings. The molecule has 3 unspecified atom stereocenters. The van der Waals surface area contributed by atoms with Crippen LogP contribution in [0.1, 0.15) is 66.7 Å². The fourth-order valence-corrected chi connectivity index (χ4v) is 2.80. The SMILES string of the molecule is CCC(C)(C)C1CCC(N)C(OCCC(C)C)C1. The van der Waals surface area contributed by atoms with Crippen LogP contribution in [-0.2, 0) is 4.74 Å². The van der Waals surface area contributed by atoms with Crippen molar-refractivity contribution >= 4 is 0 Å². The monoisotopic (exact) mass is 255 g/mol. The van der Waals surface area contributed by atoms with Gasteiger partial charge in [0.2, 0.25) is 0 Å². The smallest absolute Gasteiger partial charge is 0.0728 e. The van der Waals surface area contributed by atoms with Crippen LogP contribution in [0.4, 0.5) is 0 Å². The van der Waals surface area contributed by atoms with Crippen molar-refractivity contribution in [1.82, 2.24) is 0 Å². The molecule has 2 N–H and O–H groups in total. The van der Waals surface area contributed by atoms with Crippen LogP contribution in [0.25, 0.3) is 0 Å². The van der Waals surface area contributed by atoms with Crippen molar-refractivity contribution in [3.8, 4) is 0 Å². The van der Waals surface area contributed by atoms with E-state index in [-0.39, 0.29) is 12.1 Å². The van der Waals surface area contributed by atoms with E-state index in [1.54, 1.807) is 0 Å². The lowest BCUT2D eigenvalue weighted by Gasteiger charge is -2.42. The van der Waals surface area contributed by atoms with Crippen LogP contribution in [0.2, 0.25) is 0 Å².